The molecule has 30 heavy (non-hydrogen) atoms. The summed E-state index contributed by atoms with van der Waals surface area (Å²) in [6.45, 7) is 5.98. The normalized spacial score (nSPS) is 13.1. The van der Waals surface area contributed by atoms with Crippen LogP contribution in [0.2, 0.25) is 0 Å². The minimum absolute atomic E-state index is 0.0207. The highest BCUT2D eigenvalue weighted by Gasteiger charge is 2.37. The Bertz CT molecular complexity index is 1130. The van der Waals surface area contributed by atoms with Crippen LogP contribution in [0.25, 0.3) is 11.2 Å². The van der Waals surface area contributed by atoms with Crippen LogP contribution in [0.5, 0.6) is 0 Å². The molecule has 162 valence electrons. The molecular formula is C20H23F3N4O2S. The number of halogens is 3. The molecule has 0 radical (unpaired) electrons. The number of imidazole rings is 1. The number of hydrogen-bond acceptors (Lipinski definition) is 4. The van der Waals surface area contributed by atoms with Gasteiger partial charge in [0.2, 0.25) is 15.8 Å². The number of aryl methyl sites for hydroxylation is 1. The first-order valence-electron chi connectivity index (χ1n) is 9.38. The van der Waals surface area contributed by atoms with Crippen molar-refractivity contribution in [2.24, 2.45) is 0 Å². The van der Waals surface area contributed by atoms with Crippen molar-refractivity contribution in [1.82, 2.24) is 19.3 Å². The van der Waals surface area contributed by atoms with Gasteiger partial charge in [0.1, 0.15) is 5.52 Å². The van der Waals surface area contributed by atoms with E-state index in [0.29, 0.717) is 0 Å². The van der Waals surface area contributed by atoms with Gasteiger partial charge in [-0.15, -0.1) is 0 Å². The Balaban J connectivity index is 1.69. The summed E-state index contributed by atoms with van der Waals surface area (Å²) in [5, 5.41) is 0. The molecule has 0 spiro atoms. The molecule has 6 nitrogen and oxygen atoms in total. The summed E-state index contributed by atoms with van der Waals surface area (Å²) in [4.78, 5) is 7.72. The fraction of sp³-hybridized carbons (Fsp3) is 0.400. The zero-order valence-corrected chi connectivity index (χ0v) is 17.7. The number of sulfonamides is 1. The molecule has 0 aliphatic heterocycles. The predicted molar refractivity (Wildman–Crippen MR) is 107 cm³/mol. The van der Waals surface area contributed by atoms with Crippen LogP contribution in [0.15, 0.2) is 47.5 Å². The molecule has 0 aliphatic carbocycles. The average molecular weight is 440 g/mol. The van der Waals surface area contributed by atoms with E-state index in [1.807, 2.05) is 20.8 Å². The van der Waals surface area contributed by atoms with Crippen LogP contribution in [-0.2, 0) is 28.2 Å². The van der Waals surface area contributed by atoms with E-state index in [2.05, 4.69) is 14.7 Å². The number of nitrogens with zero attached hydrogens (tertiary/aromatic N) is 3. The minimum atomic E-state index is -4.63. The Morgan fingerprint density at radius 1 is 1.07 bits per heavy atom. The van der Waals surface area contributed by atoms with Gasteiger partial charge in [-0.25, -0.2) is 23.1 Å². The number of pyridine rings is 1. The van der Waals surface area contributed by atoms with Crippen LogP contribution in [0.1, 0.15) is 38.6 Å². The average Bonchev–Trinajstić information content (AvgIpc) is 3.04. The molecule has 3 rings (SSSR count). The maximum absolute atomic E-state index is 13.3. The van der Waals surface area contributed by atoms with Crippen LogP contribution in [0.3, 0.4) is 0 Å². The molecule has 0 amide bonds. The summed E-state index contributed by atoms with van der Waals surface area (Å²) < 4.78 is 68.3. The molecule has 0 atom stereocenters. The first-order chi connectivity index (χ1) is 13.9. The molecule has 2 aromatic heterocycles. The van der Waals surface area contributed by atoms with Gasteiger partial charge in [0.25, 0.3) is 0 Å². The fourth-order valence-corrected chi connectivity index (χ4v) is 4.12. The lowest BCUT2D eigenvalue weighted by atomic mass is 9.87. The molecule has 0 bridgehead atoms. The standard InChI is InChI=1S/C20H23F3N4O2S/c1-19(2,3)14-7-9-15(10-8-14)30(28,29)25-12-5-13-27-17-16(6-4-11-24-17)26-18(27)20(21,22)23/h4,6-11,25H,5,12-13H2,1-3H3. The van der Waals surface area contributed by atoms with Crippen molar-refractivity contribution in [2.75, 3.05) is 6.54 Å². The highest BCUT2D eigenvalue weighted by atomic mass is 32.2. The van der Waals surface area contributed by atoms with Gasteiger partial charge in [0.05, 0.1) is 4.90 Å². The van der Waals surface area contributed by atoms with Crippen molar-refractivity contribution in [2.45, 2.75) is 50.2 Å². The number of benzene rings is 1. The Kier molecular flexibility index (Phi) is 5.92. The van der Waals surface area contributed by atoms with Gasteiger partial charge in [-0.1, -0.05) is 32.9 Å². The number of rotatable bonds is 6. The molecular weight excluding hydrogens is 417 g/mol. The molecule has 1 aromatic carbocycles. The van der Waals surface area contributed by atoms with E-state index in [1.165, 1.54) is 30.5 Å². The first kappa shape index (κ1) is 22.2. The quantitative estimate of drug-likeness (QED) is 0.585. The number of hydrogen-bond donors (Lipinski definition) is 1. The van der Waals surface area contributed by atoms with Gasteiger partial charge >= 0.3 is 6.18 Å². The zero-order chi connectivity index (χ0) is 22.2. The van der Waals surface area contributed by atoms with Crippen LogP contribution in [0.4, 0.5) is 13.2 Å². The molecule has 1 N–H and O–H groups in total. The fourth-order valence-electron chi connectivity index (χ4n) is 3.05. The van der Waals surface area contributed by atoms with Crippen LogP contribution in [-0.4, -0.2) is 29.5 Å². The lowest BCUT2D eigenvalue weighted by Gasteiger charge is -2.19. The van der Waals surface area contributed by atoms with Crippen molar-refractivity contribution in [3.8, 4) is 0 Å². The number of fused-ring (bicyclic) bond motifs is 1. The van der Waals surface area contributed by atoms with Gasteiger partial charge in [-0.05, 0) is 41.7 Å². The summed E-state index contributed by atoms with van der Waals surface area (Å²) in [6.07, 6.45) is -3.09. The van der Waals surface area contributed by atoms with Crippen LogP contribution in [0, 0.1) is 0 Å². The monoisotopic (exact) mass is 440 g/mol. The van der Waals surface area contributed by atoms with E-state index in [1.54, 1.807) is 12.1 Å². The van der Waals surface area contributed by atoms with Gasteiger partial charge < -0.3 is 4.57 Å². The van der Waals surface area contributed by atoms with E-state index < -0.39 is 22.0 Å². The van der Waals surface area contributed by atoms with Crippen molar-refractivity contribution < 1.29 is 21.6 Å². The largest absolute Gasteiger partial charge is 0.449 e. The molecule has 3 aromatic rings. The van der Waals surface area contributed by atoms with Crippen LogP contribution < -0.4 is 4.72 Å². The number of nitrogens with one attached hydrogen (secondary N) is 1. The summed E-state index contributed by atoms with van der Waals surface area (Å²) in [5.41, 5.74) is 1.16. The van der Waals surface area contributed by atoms with E-state index in [4.69, 9.17) is 0 Å². The minimum Gasteiger partial charge on any atom is -0.305 e. The first-order valence-corrected chi connectivity index (χ1v) is 10.9. The molecule has 2 heterocycles. The van der Waals surface area contributed by atoms with E-state index in [0.717, 1.165) is 10.1 Å². The van der Waals surface area contributed by atoms with E-state index in [-0.39, 0.29) is 41.0 Å². The summed E-state index contributed by atoms with van der Waals surface area (Å²) in [7, 11) is -3.76. The summed E-state index contributed by atoms with van der Waals surface area (Å²) in [6, 6.07) is 9.54. The Morgan fingerprint density at radius 3 is 2.33 bits per heavy atom. The highest BCUT2D eigenvalue weighted by Crippen LogP contribution is 2.31. The summed E-state index contributed by atoms with van der Waals surface area (Å²) >= 11 is 0. The molecule has 0 saturated carbocycles. The molecule has 0 aliphatic rings. The molecule has 0 saturated heterocycles. The van der Waals surface area contributed by atoms with Gasteiger partial charge in [0, 0.05) is 19.3 Å². The second-order valence-corrected chi connectivity index (χ2v) is 9.72. The number of alkyl halides is 3. The Morgan fingerprint density at radius 2 is 1.73 bits per heavy atom. The van der Waals surface area contributed by atoms with Crippen LogP contribution >= 0.6 is 0 Å². The predicted octanol–water partition coefficient (Wildman–Crippen LogP) is 4.12. The van der Waals surface area contributed by atoms with Gasteiger partial charge in [0.15, 0.2) is 5.65 Å². The van der Waals surface area contributed by atoms with Gasteiger partial charge in [-0.3, -0.25) is 0 Å². The Labute approximate surface area is 173 Å². The summed E-state index contributed by atoms with van der Waals surface area (Å²) in [5.74, 6) is -1.04. The maximum atomic E-state index is 13.3. The van der Waals surface area contributed by atoms with E-state index in [9.17, 15) is 21.6 Å². The lowest BCUT2D eigenvalue weighted by Crippen LogP contribution is -2.26. The van der Waals surface area contributed by atoms with Crippen molar-refractivity contribution in [3.05, 3.63) is 54.0 Å². The zero-order valence-electron chi connectivity index (χ0n) is 16.9. The third kappa shape index (κ3) is 4.81. The number of aromatic nitrogens is 3. The maximum Gasteiger partial charge on any atom is 0.449 e. The SMILES string of the molecule is CC(C)(C)c1ccc(S(=O)(=O)NCCCn2c(C(F)(F)F)nc3cccnc32)cc1. The molecule has 10 heteroatoms. The van der Waals surface area contributed by atoms with Crippen molar-refractivity contribution in [1.29, 1.82) is 0 Å². The highest BCUT2D eigenvalue weighted by molar-refractivity contribution is 7.89. The van der Waals surface area contributed by atoms with Gasteiger partial charge in [-0.2, -0.15) is 13.2 Å². The molecule has 0 fully saturated rings. The second-order valence-electron chi connectivity index (χ2n) is 7.96. The van der Waals surface area contributed by atoms with E-state index >= 15 is 0 Å². The van der Waals surface area contributed by atoms with Crippen molar-refractivity contribution in [3.63, 3.8) is 0 Å². The topological polar surface area (TPSA) is 76.9 Å². The van der Waals surface area contributed by atoms with Crippen molar-refractivity contribution >= 4 is 21.2 Å². The lowest BCUT2D eigenvalue weighted by molar-refractivity contribution is -0.147. The molecule has 0 unspecified atom stereocenters. The third-order valence-electron chi connectivity index (χ3n) is 4.64. The smallest absolute Gasteiger partial charge is 0.305 e. The second kappa shape index (κ2) is 7.99. The Hall–Kier alpha value is -2.46. The third-order valence-corrected chi connectivity index (χ3v) is 6.12.